The highest BCUT2D eigenvalue weighted by atomic mass is 35.5. The number of carbonyl (C=O) groups excluding carboxylic acids is 1. The van der Waals surface area contributed by atoms with Gasteiger partial charge in [0.2, 0.25) is 6.10 Å². The van der Waals surface area contributed by atoms with E-state index in [4.69, 9.17) is 25.8 Å². The van der Waals surface area contributed by atoms with Crippen molar-refractivity contribution in [3.05, 3.63) is 95.0 Å². The number of benzene rings is 3. The first-order chi connectivity index (χ1) is 16.9. The van der Waals surface area contributed by atoms with Gasteiger partial charge in [0.1, 0.15) is 17.6 Å². The molecule has 6 heteroatoms. The fourth-order valence-corrected chi connectivity index (χ4v) is 3.52. The van der Waals surface area contributed by atoms with E-state index in [-0.39, 0.29) is 5.92 Å². The van der Waals surface area contributed by atoms with E-state index in [1.54, 1.807) is 36.4 Å². The third-order valence-corrected chi connectivity index (χ3v) is 5.30. The summed E-state index contributed by atoms with van der Waals surface area (Å²) in [4.78, 5) is 13.0. The van der Waals surface area contributed by atoms with Crippen molar-refractivity contribution < 1.29 is 19.0 Å². The summed E-state index contributed by atoms with van der Waals surface area (Å²) < 4.78 is 16.3. The minimum Gasteiger partial charge on any atom is -0.457 e. The van der Waals surface area contributed by atoms with Crippen LogP contribution in [0.25, 0.3) is 0 Å². The highest BCUT2D eigenvalue weighted by Crippen LogP contribution is 2.31. The van der Waals surface area contributed by atoms with E-state index in [9.17, 15) is 10.1 Å². The number of nitrogens with zero attached hydrogens (tertiary/aromatic N) is 1. The lowest BCUT2D eigenvalue weighted by atomic mass is 9.88. The molecule has 0 spiro atoms. The smallest absolute Gasteiger partial charge is 0.315 e. The molecular weight excluding hydrogens is 462 g/mol. The number of ether oxygens (including phenoxy) is 3. The Morgan fingerprint density at radius 3 is 2.06 bits per heavy atom. The summed E-state index contributed by atoms with van der Waals surface area (Å²) in [6.45, 7) is 9.55. The molecule has 0 amide bonds. The minimum absolute atomic E-state index is 0.00855. The summed E-state index contributed by atoms with van der Waals surface area (Å²) in [7, 11) is 0. The maximum absolute atomic E-state index is 13.0. The molecule has 0 bridgehead atoms. The van der Waals surface area contributed by atoms with Crippen LogP contribution in [0.1, 0.15) is 50.8 Å². The Bertz CT molecular complexity index is 1080. The number of esters is 1. The number of para-hydroxylation sites is 1. The maximum Gasteiger partial charge on any atom is 0.315 e. The van der Waals surface area contributed by atoms with Crippen molar-refractivity contribution in [3.8, 4) is 17.6 Å². The Kier molecular flexibility index (Phi) is 11.8. The second-order valence-electron chi connectivity index (χ2n) is 7.99. The van der Waals surface area contributed by atoms with Crippen molar-refractivity contribution in [1.82, 2.24) is 0 Å². The highest BCUT2D eigenvalue weighted by molar-refractivity contribution is 6.30. The molecule has 0 aliphatic carbocycles. The first-order valence-corrected chi connectivity index (χ1v) is 12.0. The van der Waals surface area contributed by atoms with Crippen LogP contribution < -0.4 is 4.74 Å². The van der Waals surface area contributed by atoms with Gasteiger partial charge in [-0.15, -0.1) is 0 Å². The second kappa shape index (κ2) is 14.8. The highest BCUT2D eigenvalue weighted by Gasteiger charge is 2.29. The topological polar surface area (TPSA) is 68.6 Å². The first kappa shape index (κ1) is 27.9. The number of hydrogen-bond acceptors (Lipinski definition) is 5. The van der Waals surface area contributed by atoms with Crippen LogP contribution in [-0.2, 0) is 14.3 Å². The van der Waals surface area contributed by atoms with Crippen molar-refractivity contribution in [3.63, 3.8) is 0 Å². The first-order valence-electron chi connectivity index (χ1n) is 11.7. The van der Waals surface area contributed by atoms with Gasteiger partial charge in [-0.1, -0.05) is 67.9 Å². The predicted molar refractivity (Wildman–Crippen MR) is 139 cm³/mol. The fraction of sp³-hybridized carbons (Fsp3) is 0.310. The largest absolute Gasteiger partial charge is 0.457 e. The van der Waals surface area contributed by atoms with Crippen molar-refractivity contribution in [2.75, 3.05) is 13.2 Å². The molecule has 184 valence electrons. The van der Waals surface area contributed by atoms with E-state index in [1.807, 2.05) is 70.2 Å². The third-order valence-electron chi connectivity index (χ3n) is 5.05. The molecule has 35 heavy (non-hydrogen) atoms. The van der Waals surface area contributed by atoms with Gasteiger partial charge in [-0.25, -0.2) is 0 Å². The summed E-state index contributed by atoms with van der Waals surface area (Å²) in [6.07, 6.45) is -1.04. The molecule has 0 saturated heterocycles. The lowest BCUT2D eigenvalue weighted by molar-refractivity contribution is -0.150. The number of halogens is 1. The van der Waals surface area contributed by atoms with Crippen molar-refractivity contribution >= 4 is 17.6 Å². The van der Waals surface area contributed by atoms with Gasteiger partial charge in [-0.05, 0) is 61.7 Å². The Balaban J connectivity index is 0.000000784. The van der Waals surface area contributed by atoms with Gasteiger partial charge in [-0.2, -0.15) is 5.26 Å². The average molecular weight is 494 g/mol. The zero-order valence-corrected chi connectivity index (χ0v) is 21.4. The molecule has 3 aromatic rings. The Morgan fingerprint density at radius 1 is 0.886 bits per heavy atom. The number of hydrogen-bond donors (Lipinski definition) is 0. The SMILES string of the molecule is CC(C)C(C(=O)OC(C#N)c1cccc(Oc2ccccc2)c1)c1ccc(Cl)cc1.CCOCC. The normalized spacial score (nSPS) is 12.0. The molecule has 0 saturated carbocycles. The van der Waals surface area contributed by atoms with Crippen LogP contribution in [0.2, 0.25) is 5.02 Å². The standard InChI is InChI=1S/C25H22ClNO3.C4H10O/c1-17(2)24(18-11-13-20(26)14-12-18)25(28)30-23(16-27)19-7-6-10-22(15-19)29-21-8-4-3-5-9-21;1-3-5-4-2/h3-15,17,23-24H,1-2H3;3-4H2,1-2H3. The zero-order chi connectivity index (χ0) is 25.6. The minimum atomic E-state index is -1.04. The molecule has 0 fully saturated rings. The van der Waals surface area contributed by atoms with Crippen LogP contribution >= 0.6 is 11.6 Å². The second-order valence-corrected chi connectivity index (χ2v) is 8.42. The summed E-state index contributed by atoms with van der Waals surface area (Å²) in [5.74, 6) is 0.289. The molecular formula is C29H32ClNO4. The monoisotopic (exact) mass is 493 g/mol. The van der Waals surface area contributed by atoms with Gasteiger partial charge in [0.15, 0.2) is 0 Å². The molecule has 5 nitrogen and oxygen atoms in total. The molecule has 0 aliphatic heterocycles. The van der Waals surface area contributed by atoms with Crippen LogP contribution in [0, 0.1) is 17.2 Å². The molecule has 3 rings (SSSR count). The molecule has 0 aliphatic rings. The van der Waals surface area contributed by atoms with Gasteiger partial charge < -0.3 is 14.2 Å². The Morgan fingerprint density at radius 2 is 1.51 bits per heavy atom. The summed E-state index contributed by atoms with van der Waals surface area (Å²) in [5, 5.41) is 10.2. The van der Waals surface area contributed by atoms with Crippen LogP contribution in [0.15, 0.2) is 78.9 Å². The molecule has 0 heterocycles. The Hall–Kier alpha value is -3.33. The zero-order valence-electron chi connectivity index (χ0n) is 20.6. The van der Waals surface area contributed by atoms with E-state index in [1.165, 1.54) is 0 Å². The van der Waals surface area contributed by atoms with Crippen LogP contribution in [0.4, 0.5) is 0 Å². The summed E-state index contributed by atoms with van der Waals surface area (Å²) in [6, 6.07) is 25.5. The van der Waals surface area contributed by atoms with Crippen molar-refractivity contribution in [2.45, 2.75) is 39.7 Å². The number of nitriles is 1. The van der Waals surface area contributed by atoms with Crippen LogP contribution in [-0.4, -0.2) is 19.2 Å². The molecule has 0 N–H and O–H groups in total. The van der Waals surface area contributed by atoms with Gasteiger partial charge in [-0.3, -0.25) is 4.79 Å². The number of rotatable bonds is 9. The van der Waals surface area contributed by atoms with E-state index >= 15 is 0 Å². The van der Waals surface area contributed by atoms with Gasteiger partial charge in [0.05, 0.1) is 5.92 Å². The average Bonchev–Trinajstić information content (AvgIpc) is 2.85. The molecule has 0 aromatic heterocycles. The summed E-state index contributed by atoms with van der Waals surface area (Å²) >= 11 is 5.96. The van der Waals surface area contributed by atoms with Crippen LogP contribution in [0.3, 0.4) is 0 Å². The lowest BCUT2D eigenvalue weighted by Crippen LogP contribution is -2.22. The molecule has 3 aromatic carbocycles. The van der Waals surface area contributed by atoms with Crippen molar-refractivity contribution in [2.24, 2.45) is 5.92 Å². The molecule has 2 unspecified atom stereocenters. The van der Waals surface area contributed by atoms with E-state index in [0.29, 0.717) is 22.1 Å². The molecule has 2 atom stereocenters. The number of carbonyl (C=O) groups is 1. The van der Waals surface area contributed by atoms with Crippen LogP contribution in [0.5, 0.6) is 11.5 Å². The summed E-state index contributed by atoms with van der Waals surface area (Å²) in [5.41, 5.74) is 1.36. The Labute approximate surface area is 213 Å². The molecule has 0 radical (unpaired) electrons. The van der Waals surface area contributed by atoms with E-state index in [2.05, 4.69) is 6.07 Å². The van der Waals surface area contributed by atoms with E-state index in [0.717, 1.165) is 18.8 Å². The third kappa shape index (κ3) is 9.09. The predicted octanol–water partition coefficient (Wildman–Crippen LogP) is 7.72. The van der Waals surface area contributed by atoms with Gasteiger partial charge >= 0.3 is 5.97 Å². The van der Waals surface area contributed by atoms with Gasteiger partial charge in [0.25, 0.3) is 0 Å². The van der Waals surface area contributed by atoms with Gasteiger partial charge in [0, 0.05) is 23.8 Å². The lowest BCUT2D eigenvalue weighted by Gasteiger charge is -2.22. The van der Waals surface area contributed by atoms with E-state index < -0.39 is 18.0 Å². The maximum atomic E-state index is 13.0. The fourth-order valence-electron chi connectivity index (χ4n) is 3.39. The van der Waals surface area contributed by atoms with Crippen molar-refractivity contribution in [1.29, 1.82) is 5.26 Å². The quantitative estimate of drug-likeness (QED) is 0.285.